The van der Waals surface area contributed by atoms with Gasteiger partial charge in [0.15, 0.2) is 11.5 Å². The molecule has 3 aromatic carbocycles. The van der Waals surface area contributed by atoms with Gasteiger partial charge in [-0.2, -0.15) is 5.26 Å². The lowest BCUT2D eigenvalue weighted by molar-refractivity contribution is -0.384. The number of anilines is 1. The Morgan fingerprint density at radius 2 is 1.97 bits per heavy atom. The van der Waals surface area contributed by atoms with Gasteiger partial charge in [0.2, 0.25) is 0 Å². The van der Waals surface area contributed by atoms with Crippen molar-refractivity contribution >= 4 is 57.5 Å². The minimum atomic E-state index is -0.742. The van der Waals surface area contributed by atoms with Crippen LogP contribution >= 0.6 is 34.2 Å². The fraction of sp³-hybridized carbons (Fsp3) is 0.0833. The summed E-state index contributed by atoms with van der Waals surface area (Å²) in [5.41, 5.74) is 0.938. The van der Waals surface area contributed by atoms with Gasteiger partial charge >= 0.3 is 0 Å². The molecule has 3 rings (SSSR count). The fourth-order valence-electron chi connectivity index (χ4n) is 2.92. The van der Waals surface area contributed by atoms with E-state index in [0.717, 1.165) is 11.6 Å². The zero-order chi connectivity index (χ0) is 25.5. The number of ether oxygens (including phenoxy) is 2. The standard InChI is InChI=1S/C24H16ClFIN3O5/c1-34-22-10-15(9-20(27)23(22)35-13-14-2-4-17(26)5-3-14)8-16(12-28)24(31)29-21-7-6-18(30(32)33)11-19(21)25/h2-11H,13H2,1H3,(H,29,31). The number of carbonyl (C=O) groups excluding carboxylic acids is 1. The number of rotatable bonds is 8. The third-order valence-electron chi connectivity index (χ3n) is 4.64. The Labute approximate surface area is 218 Å². The highest BCUT2D eigenvalue weighted by Gasteiger charge is 2.16. The molecule has 0 aromatic heterocycles. The van der Waals surface area contributed by atoms with Crippen molar-refractivity contribution in [3.8, 4) is 17.6 Å². The molecule has 35 heavy (non-hydrogen) atoms. The molecule has 178 valence electrons. The van der Waals surface area contributed by atoms with E-state index >= 15 is 0 Å². The molecule has 0 fully saturated rings. The summed E-state index contributed by atoms with van der Waals surface area (Å²) in [7, 11) is 1.46. The first-order valence-electron chi connectivity index (χ1n) is 9.83. The molecule has 0 aliphatic rings. The maximum absolute atomic E-state index is 13.1. The van der Waals surface area contributed by atoms with Crippen LogP contribution in [0.25, 0.3) is 6.08 Å². The van der Waals surface area contributed by atoms with E-state index in [4.69, 9.17) is 21.1 Å². The van der Waals surface area contributed by atoms with Crippen molar-refractivity contribution < 1.29 is 23.6 Å². The lowest BCUT2D eigenvalue weighted by Crippen LogP contribution is -2.13. The summed E-state index contributed by atoms with van der Waals surface area (Å²) in [5.74, 6) is -0.254. The number of methoxy groups -OCH3 is 1. The van der Waals surface area contributed by atoms with Gasteiger partial charge in [0.1, 0.15) is 24.1 Å². The largest absolute Gasteiger partial charge is 0.493 e. The summed E-state index contributed by atoms with van der Waals surface area (Å²) in [6, 6.07) is 14.6. The minimum absolute atomic E-state index is 0.0382. The van der Waals surface area contributed by atoms with Crippen LogP contribution in [-0.2, 0) is 11.4 Å². The molecule has 1 amide bonds. The highest BCUT2D eigenvalue weighted by Crippen LogP contribution is 2.35. The van der Waals surface area contributed by atoms with Crippen LogP contribution in [0.2, 0.25) is 5.02 Å². The van der Waals surface area contributed by atoms with Gasteiger partial charge in [0, 0.05) is 12.1 Å². The Bertz CT molecular complexity index is 1360. The molecule has 0 heterocycles. The second-order valence-corrected chi connectivity index (χ2v) is 8.56. The van der Waals surface area contributed by atoms with Crippen molar-refractivity contribution in [3.63, 3.8) is 0 Å². The van der Waals surface area contributed by atoms with E-state index in [9.17, 15) is 24.6 Å². The summed E-state index contributed by atoms with van der Waals surface area (Å²) >= 11 is 8.05. The van der Waals surface area contributed by atoms with Crippen molar-refractivity contribution in [2.75, 3.05) is 12.4 Å². The van der Waals surface area contributed by atoms with Gasteiger partial charge in [-0.1, -0.05) is 23.7 Å². The fourth-order valence-corrected chi connectivity index (χ4v) is 3.93. The van der Waals surface area contributed by atoms with Crippen LogP contribution in [0.3, 0.4) is 0 Å². The Morgan fingerprint density at radius 1 is 1.26 bits per heavy atom. The number of nitrogens with zero attached hydrogens (tertiary/aromatic N) is 2. The molecule has 11 heteroatoms. The van der Waals surface area contributed by atoms with Crippen LogP contribution in [-0.4, -0.2) is 17.9 Å². The van der Waals surface area contributed by atoms with Crippen LogP contribution in [0.15, 0.2) is 60.2 Å². The number of amides is 1. The first kappa shape index (κ1) is 25.9. The van der Waals surface area contributed by atoms with E-state index in [1.54, 1.807) is 24.3 Å². The number of benzene rings is 3. The van der Waals surface area contributed by atoms with E-state index in [-0.39, 0.29) is 34.4 Å². The highest BCUT2D eigenvalue weighted by atomic mass is 127. The Kier molecular flexibility index (Phi) is 8.62. The minimum Gasteiger partial charge on any atom is -0.493 e. The average Bonchev–Trinajstić information content (AvgIpc) is 2.83. The molecule has 0 radical (unpaired) electrons. The van der Waals surface area contributed by atoms with Gasteiger partial charge in [0.05, 0.1) is 26.3 Å². The molecular weight excluding hydrogens is 592 g/mol. The van der Waals surface area contributed by atoms with Crippen LogP contribution in [0.5, 0.6) is 11.5 Å². The number of nitro groups is 1. The molecule has 0 bridgehead atoms. The first-order chi connectivity index (χ1) is 16.7. The number of nitriles is 1. The van der Waals surface area contributed by atoms with Gasteiger partial charge in [-0.3, -0.25) is 14.9 Å². The summed E-state index contributed by atoms with van der Waals surface area (Å²) in [5, 5.41) is 22.8. The molecule has 0 aliphatic carbocycles. The van der Waals surface area contributed by atoms with Gasteiger partial charge < -0.3 is 14.8 Å². The summed E-state index contributed by atoms with van der Waals surface area (Å²) in [6.45, 7) is 0.184. The molecule has 0 spiro atoms. The lowest BCUT2D eigenvalue weighted by Gasteiger charge is -2.14. The van der Waals surface area contributed by atoms with Gasteiger partial charge in [0.25, 0.3) is 11.6 Å². The number of nitrogens with one attached hydrogen (secondary N) is 1. The van der Waals surface area contributed by atoms with Gasteiger partial charge in [-0.05, 0) is 70.1 Å². The smallest absolute Gasteiger partial charge is 0.271 e. The molecule has 0 aliphatic heterocycles. The van der Waals surface area contributed by atoms with E-state index in [1.165, 1.54) is 37.5 Å². The van der Waals surface area contributed by atoms with E-state index < -0.39 is 10.8 Å². The van der Waals surface area contributed by atoms with Crippen molar-refractivity contribution in [1.29, 1.82) is 5.26 Å². The topological polar surface area (TPSA) is 114 Å². The van der Waals surface area contributed by atoms with Crippen molar-refractivity contribution in [2.24, 2.45) is 0 Å². The molecule has 0 saturated heterocycles. The van der Waals surface area contributed by atoms with Gasteiger partial charge in [-0.15, -0.1) is 0 Å². The maximum Gasteiger partial charge on any atom is 0.271 e. The van der Waals surface area contributed by atoms with Gasteiger partial charge in [-0.25, -0.2) is 4.39 Å². The Hall–Kier alpha value is -3.69. The predicted octanol–water partition coefficient (Wildman–Crippen LogP) is 6.13. The molecular formula is C24H16ClFIN3O5. The second-order valence-electron chi connectivity index (χ2n) is 6.99. The molecule has 0 unspecified atom stereocenters. The van der Waals surface area contributed by atoms with E-state index in [2.05, 4.69) is 5.32 Å². The average molecular weight is 608 g/mol. The highest BCUT2D eigenvalue weighted by molar-refractivity contribution is 14.1. The third kappa shape index (κ3) is 6.68. The van der Waals surface area contributed by atoms with Crippen molar-refractivity contribution in [2.45, 2.75) is 6.61 Å². The van der Waals surface area contributed by atoms with Crippen LogP contribution < -0.4 is 14.8 Å². The molecule has 8 nitrogen and oxygen atoms in total. The normalized spacial score (nSPS) is 10.9. The number of hydrogen-bond acceptors (Lipinski definition) is 6. The second kappa shape index (κ2) is 11.6. The Balaban J connectivity index is 1.81. The summed E-state index contributed by atoms with van der Waals surface area (Å²) in [6.07, 6.45) is 1.36. The van der Waals surface area contributed by atoms with Crippen LogP contribution in [0, 0.1) is 30.8 Å². The maximum atomic E-state index is 13.1. The van der Waals surface area contributed by atoms with E-state index in [1.807, 2.05) is 28.7 Å². The lowest BCUT2D eigenvalue weighted by atomic mass is 10.1. The first-order valence-corrected chi connectivity index (χ1v) is 11.3. The quantitative estimate of drug-likeness (QED) is 0.108. The SMILES string of the molecule is COc1cc(C=C(C#N)C(=O)Nc2ccc([N+](=O)[O-])cc2Cl)cc(I)c1OCc1ccc(F)cc1. The zero-order valence-corrected chi connectivity index (χ0v) is 21.0. The van der Waals surface area contributed by atoms with Crippen LogP contribution in [0.1, 0.15) is 11.1 Å². The molecule has 0 atom stereocenters. The van der Waals surface area contributed by atoms with E-state index in [0.29, 0.717) is 20.6 Å². The van der Waals surface area contributed by atoms with Crippen molar-refractivity contribution in [3.05, 3.63) is 95.8 Å². The third-order valence-corrected chi connectivity index (χ3v) is 5.75. The van der Waals surface area contributed by atoms with Crippen molar-refractivity contribution in [1.82, 2.24) is 0 Å². The number of hydrogen-bond donors (Lipinski definition) is 1. The monoisotopic (exact) mass is 607 g/mol. The van der Waals surface area contributed by atoms with Crippen LogP contribution in [0.4, 0.5) is 15.8 Å². The molecule has 3 aromatic rings. The number of nitro benzene ring substituents is 1. The number of halogens is 3. The zero-order valence-electron chi connectivity index (χ0n) is 18.1. The molecule has 1 N–H and O–H groups in total. The Morgan fingerprint density at radius 3 is 2.57 bits per heavy atom. The summed E-state index contributed by atoms with van der Waals surface area (Å²) in [4.78, 5) is 22.9. The predicted molar refractivity (Wildman–Crippen MR) is 137 cm³/mol. The number of carbonyl (C=O) groups is 1. The number of non-ortho nitro benzene ring substituents is 1. The molecule has 0 saturated carbocycles. The summed E-state index contributed by atoms with van der Waals surface area (Å²) < 4.78 is 25.0.